The molecule has 0 aromatic heterocycles. The molecule has 1 atom stereocenters. The number of alkyl halides is 1. The Morgan fingerprint density at radius 2 is 1.58 bits per heavy atom. The summed E-state index contributed by atoms with van der Waals surface area (Å²) in [5.74, 6) is -0.399. The first-order valence-electron chi connectivity index (χ1n) is 6.17. The SMILES string of the molecule is O=C(OCCc1ccccc1)C(Cl)c1ccccc1. The van der Waals surface area contributed by atoms with Crippen molar-refractivity contribution in [1.82, 2.24) is 0 Å². The summed E-state index contributed by atoms with van der Waals surface area (Å²) in [4.78, 5) is 11.8. The Bertz CT molecular complexity index is 511. The van der Waals surface area contributed by atoms with Gasteiger partial charge in [0, 0.05) is 6.42 Å². The molecule has 0 radical (unpaired) electrons. The standard InChI is InChI=1S/C16H15ClO2/c17-15(14-9-5-2-6-10-14)16(18)19-12-11-13-7-3-1-4-8-13/h1-10,15H,11-12H2. The van der Waals surface area contributed by atoms with Crippen molar-refractivity contribution in [3.05, 3.63) is 71.8 Å². The van der Waals surface area contributed by atoms with Crippen molar-refractivity contribution in [1.29, 1.82) is 0 Å². The normalized spacial score (nSPS) is 11.8. The number of rotatable bonds is 5. The summed E-state index contributed by atoms with van der Waals surface area (Å²) in [7, 11) is 0. The number of esters is 1. The van der Waals surface area contributed by atoms with Crippen molar-refractivity contribution >= 4 is 17.6 Å². The molecule has 2 nitrogen and oxygen atoms in total. The molecule has 2 aromatic rings. The van der Waals surface area contributed by atoms with Gasteiger partial charge in [0.25, 0.3) is 0 Å². The highest BCUT2D eigenvalue weighted by molar-refractivity contribution is 6.29. The minimum atomic E-state index is -0.739. The topological polar surface area (TPSA) is 26.3 Å². The summed E-state index contributed by atoms with van der Waals surface area (Å²) >= 11 is 6.06. The molecule has 0 spiro atoms. The van der Waals surface area contributed by atoms with Crippen LogP contribution in [-0.2, 0) is 16.0 Å². The lowest BCUT2D eigenvalue weighted by molar-refractivity contribution is -0.143. The number of carbonyl (C=O) groups excluding carboxylic acids is 1. The molecule has 2 rings (SSSR count). The maximum atomic E-state index is 11.8. The first-order valence-corrected chi connectivity index (χ1v) is 6.60. The largest absolute Gasteiger partial charge is 0.464 e. The van der Waals surface area contributed by atoms with Crippen LogP contribution < -0.4 is 0 Å². The molecule has 0 saturated carbocycles. The lowest BCUT2D eigenvalue weighted by Crippen LogP contribution is -2.13. The van der Waals surface area contributed by atoms with Crippen LogP contribution in [0.15, 0.2) is 60.7 Å². The van der Waals surface area contributed by atoms with Gasteiger partial charge in [-0.1, -0.05) is 60.7 Å². The van der Waals surface area contributed by atoms with E-state index in [2.05, 4.69) is 0 Å². The number of hydrogen-bond acceptors (Lipinski definition) is 2. The molecule has 0 aliphatic rings. The molecular weight excluding hydrogens is 260 g/mol. The average molecular weight is 275 g/mol. The Balaban J connectivity index is 1.82. The fourth-order valence-electron chi connectivity index (χ4n) is 1.75. The molecule has 0 aliphatic carbocycles. The molecule has 0 aliphatic heterocycles. The second-order valence-corrected chi connectivity index (χ2v) is 4.61. The van der Waals surface area contributed by atoms with Crippen LogP contribution in [0, 0.1) is 0 Å². The Labute approximate surface area is 118 Å². The van der Waals surface area contributed by atoms with Crippen molar-refractivity contribution in [2.24, 2.45) is 0 Å². The van der Waals surface area contributed by atoms with Crippen molar-refractivity contribution in [2.75, 3.05) is 6.61 Å². The van der Waals surface area contributed by atoms with E-state index in [1.807, 2.05) is 60.7 Å². The Kier molecular flexibility index (Phi) is 4.99. The van der Waals surface area contributed by atoms with E-state index in [0.29, 0.717) is 13.0 Å². The van der Waals surface area contributed by atoms with Crippen LogP contribution >= 0.6 is 11.6 Å². The van der Waals surface area contributed by atoms with Crippen LogP contribution in [0.4, 0.5) is 0 Å². The summed E-state index contributed by atoms with van der Waals surface area (Å²) in [5, 5.41) is -0.739. The smallest absolute Gasteiger partial charge is 0.328 e. The number of carbonyl (C=O) groups is 1. The van der Waals surface area contributed by atoms with E-state index in [4.69, 9.17) is 16.3 Å². The van der Waals surface area contributed by atoms with Crippen LogP contribution in [-0.4, -0.2) is 12.6 Å². The molecule has 0 bridgehead atoms. The molecule has 98 valence electrons. The molecule has 0 saturated heterocycles. The van der Waals surface area contributed by atoms with Gasteiger partial charge in [0.1, 0.15) is 0 Å². The van der Waals surface area contributed by atoms with Crippen molar-refractivity contribution in [3.8, 4) is 0 Å². The maximum Gasteiger partial charge on any atom is 0.328 e. The van der Waals surface area contributed by atoms with Gasteiger partial charge in [0.05, 0.1) is 6.61 Å². The first kappa shape index (κ1) is 13.6. The van der Waals surface area contributed by atoms with E-state index < -0.39 is 11.3 Å². The minimum Gasteiger partial charge on any atom is -0.464 e. The maximum absolute atomic E-state index is 11.8. The quantitative estimate of drug-likeness (QED) is 0.613. The Morgan fingerprint density at radius 1 is 1.00 bits per heavy atom. The van der Waals surface area contributed by atoms with E-state index in [9.17, 15) is 4.79 Å². The number of ether oxygens (including phenoxy) is 1. The predicted molar refractivity (Wildman–Crippen MR) is 76.1 cm³/mol. The second kappa shape index (κ2) is 6.95. The van der Waals surface area contributed by atoms with Crippen LogP contribution in [0.1, 0.15) is 16.5 Å². The highest BCUT2D eigenvalue weighted by Gasteiger charge is 2.18. The molecule has 2 aromatic carbocycles. The Morgan fingerprint density at radius 3 is 2.21 bits per heavy atom. The second-order valence-electron chi connectivity index (χ2n) is 4.18. The fraction of sp³-hybridized carbons (Fsp3) is 0.188. The van der Waals surface area contributed by atoms with Gasteiger partial charge in [0.15, 0.2) is 5.38 Å². The zero-order valence-corrected chi connectivity index (χ0v) is 11.2. The lowest BCUT2D eigenvalue weighted by atomic mass is 10.1. The lowest BCUT2D eigenvalue weighted by Gasteiger charge is -2.10. The van der Waals surface area contributed by atoms with E-state index >= 15 is 0 Å². The number of halogens is 1. The van der Waals surface area contributed by atoms with Crippen molar-refractivity contribution < 1.29 is 9.53 Å². The number of hydrogen-bond donors (Lipinski definition) is 0. The predicted octanol–water partition coefficient (Wildman–Crippen LogP) is 3.75. The molecule has 3 heteroatoms. The van der Waals surface area contributed by atoms with Crippen LogP contribution in [0.5, 0.6) is 0 Å². The third-order valence-electron chi connectivity index (χ3n) is 2.78. The highest BCUT2D eigenvalue weighted by atomic mass is 35.5. The third kappa shape index (κ3) is 4.11. The molecule has 0 N–H and O–H groups in total. The summed E-state index contributed by atoms with van der Waals surface area (Å²) < 4.78 is 5.19. The zero-order valence-electron chi connectivity index (χ0n) is 10.5. The van der Waals surface area contributed by atoms with Crippen LogP contribution in [0.2, 0.25) is 0 Å². The van der Waals surface area contributed by atoms with Crippen molar-refractivity contribution in [2.45, 2.75) is 11.8 Å². The summed E-state index contributed by atoms with van der Waals surface area (Å²) in [6, 6.07) is 19.1. The van der Waals surface area contributed by atoms with Gasteiger partial charge in [-0.3, -0.25) is 4.79 Å². The summed E-state index contributed by atoms with van der Waals surface area (Å²) in [6.45, 7) is 0.346. The van der Waals surface area contributed by atoms with Crippen molar-refractivity contribution in [3.63, 3.8) is 0 Å². The van der Waals surface area contributed by atoms with Gasteiger partial charge in [-0.2, -0.15) is 0 Å². The minimum absolute atomic E-state index is 0.346. The monoisotopic (exact) mass is 274 g/mol. The van der Waals surface area contributed by atoms with Gasteiger partial charge < -0.3 is 4.74 Å². The van der Waals surface area contributed by atoms with Gasteiger partial charge in [0.2, 0.25) is 0 Å². The third-order valence-corrected chi connectivity index (χ3v) is 3.21. The first-order chi connectivity index (χ1) is 9.27. The highest BCUT2D eigenvalue weighted by Crippen LogP contribution is 2.21. The summed E-state index contributed by atoms with van der Waals surface area (Å²) in [5.41, 5.74) is 1.90. The number of benzene rings is 2. The van der Waals surface area contributed by atoms with Gasteiger partial charge in [-0.25, -0.2) is 0 Å². The molecule has 1 unspecified atom stereocenters. The van der Waals surface area contributed by atoms with Crippen LogP contribution in [0.25, 0.3) is 0 Å². The van der Waals surface area contributed by atoms with E-state index in [-0.39, 0.29) is 0 Å². The van der Waals surface area contributed by atoms with Gasteiger partial charge in [-0.05, 0) is 11.1 Å². The average Bonchev–Trinajstić information content (AvgIpc) is 2.48. The van der Waals surface area contributed by atoms with E-state index in [1.165, 1.54) is 0 Å². The molecule has 0 amide bonds. The van der Waals surface area contributed by atoms with Gasteiger partial charge in [-0.15, -0.1) is 11.6 Å². The van der Waals surface area contributed by atoms with E-state index in [1.54, 1.807) is 0 Å². The van der Waals surface area contributed by atoms with Gasteiger partial charge >= 0.3 is 5.97 Å². The summed E-state index contributed by atoms with van der Waals surface area (Å²) in [6.07, 6.45) is 0.699. The van der Waals surface area contributed by atoms with Crippen LogP contribution in [0.3, 0.4) is 0 Å². The fourth-order valence-corrected chi connectivity index (χ4v) is 1.95. The molecular formula is C16H15ClO2. The molecule has 0 heterocycles. The molecule has 0 fully saturated rings. The zero-order chi connectivity index (χ0) is 13.5. The van der Waals surface area contributed by atoms with E-state index in [0.717, 1.165) is 11.1 Å². The molecule has 19 heavy (non-hydrogen) atoms. The Hall–Kier alpha value is -1.80.